The zero-order valence-electron chi connectivity index (χ0n) is 13.0. The minimum absolute atomic E-state index is 0.0325. The van der Waals surface area contributed by atoms with Crippen LogP contribution in [0.25, 0.3) is 0 Å². The number of aromatic nitrogens is 1. The van der Waals surface area contributed by atoms with E-state index in [-0.39, 0.29) is 23.8 Å². The minimum atomic E-state index is -0.0937. The fourth-order valence-corrected chi connectivity index (χ4v) is 3.62. The summed E-state index contributed by atoms with van der Waals surface area (Å²) in [5.74, 6) is 0.883. The van der Waals surface area contributed by atoms with Crippen LogP contribution in [0.15, 0.2) is 10.6 Å². The van der Waals surface area contributed by atoms with E-state index < -0.39 is 0 Å². The maximum Gasteiger partial charge on any atom is 0.225 e. The predicted octanol–water partition coefficient (Wildman–Crippen LogP) is 1.78. The topological polar surface area (TPSA) is 75.4 Å². The molecule has 6 nitrogen and oxygen atoms in total. The van der Waals surface area contributed by atoms with E-state index in [1.807, 2.05) is 17.9 Å². The van der Waals surface area contributed by atoms with Crippen LogP contribution in [0.5, 0.6) is 0 Å². The third-order valence-electron chi connectivity index (χ3n) is 4.70. The molecule has 0 spiro atoms. The van der Waals surface area contributed by atoms with Crippen molar-refractivity contribution in [3.8, 4) is 0 Å². The minimum Gasteiger partial charge on any atom is -0.361 e. The lowest BCUT2D eigenvalue weighted by Gasteiger charge is -2.37. The molecule has 0 radical (unpaired) electrons. The van der Waals surface area contributed by atoms with Gasteiger partial charge in [0, 0.05) is 25.1 Å². The monoisotopic (exact) mass is 305 g/mol. The molecule has 1 N–H and O–H groups in total. The summed E-state index contributed by atoms with van der Waals surface area (Å²) in [7, 11) is 0. The van der Waals surface area contributed by atoms with Crippen molar-refractivity contribution in [2.75, 3.05) is 6.54 Å². The summed E-state index contributed by atoms with van der Waals surface area (Å²) in [6, 6.07) is 1.89. The third-order valence-corrected chi connectivity index (χ3v) is 4.70. The van der Waals surface area contributed by atoms with Crippen LogP contribution in [0.2, 0.25) is 0 Å². The molecule has 2 heterocycles. The van der Waals surface area contributed by atoms with Gasteiger partial charge in [-0.15, -0.1) is 0 Å². The van der Waals surface area contributed by atoms with E-state index in [0.717, 1.165) is 50.1 Å². The second kappa shape index (κ2) is 6.50. The predicted molar refractivity (Wildman–Crippen MR) is 79.8 cm³/mol. The van der Waals surface area contributed by atoms with Gasteiger partial charge in [0.15, 0.2) is 0 Å². The maximum atomic E-state index is 12.5. The number of hydrogen-bond donors (Lipinski definition) is 1. The molecule has 6 heteroatoms. The molecule has 2 fully saturated rings. The normalized spacial score (nSPS) is 25.5. The van der Waals surface area contributed by atoms with E-state index >= 15 is 0 Å². The van der Waals surface area contributed by atoms with E-state index in [0.29, 0.717) is 13.0 Å². The first-order chi connectivity index (χ1) is 10.6. The number of rotatable bonds is 4. The van der Waals surface area contributed by atoms with Gasteiger partial charge < -0.3 is 14.7 Å². The zero-order chi connectivity index (χ0) is 15.5. The van der Waals surface area contributed by atoms with E-state index in [1.54, 1.807) is 0 Å². The van der Waals surface area contributed by atoms with Crippen molar-refractivity contribution in [2.24, 2.45) is 5.92 Å². The Kier molecular flexibility index (Phi) is 4.45. The SMILES string of the molecule is Cc1cc(CNC(=O)[C@@H]2CCCC[C@@H]2N2CCCC2=O)no1. The lowest BCUT2D eigenvalue weighted by atomic mass is 9.83. The van der Waals surface area contributed by atoms with Crippen LogP contribution >= 0.6 is 0 Å². The van der Waals surface area contributed by atoms with E-state index in [1.165, 1.54) is 0 Å². The molecule has 2 atom stereocenters. The molecule has 0 unspecified atom stereocenters. The van der Waals surface area contributed by atoms with Crippen molar-refractivity contribution in [1.82, 2.24) is 15.4 Å². The smallest absolute Gasteiger partial charge is 0.225 e. The molecule has 1 aromatic heterocycles. The van der Waals surface area contributed by atoms with Crippen LogP contribution in [0.3, 0.4) is 0 Å². The molecule has 1 saturated heterocycles. The molecule has 1 aliphatic heterocycles. The van der Waals surface area contributed by atoms with Crippen molar-refractivity contribution >= 4 is 11.8 Å². The number of carbonyl (C=O) groups is 2. The van der Waals surface area contributed by atoms with Gasteiger partial charge in [-0.25, -0.2) is 0 Å². The molecular formula is C16H23N3O3. The molecule has 0 bridgehead atoms. The van der Waals surface area contributed by atoms with Crippen molar-refractivity contribution < 1.29 is 14.1 Å². The highest BCUT2D eigenvalue weighted by Crippen LogP contribution is 2.31. The molecule has 1 aromatic rings. The average molecular weight is 305 g/mol. The van der Waals surface area contributed by atoms with Gasteiger partial charge in [0.1, 0.15) is 11.5 Å². The van der Waals surface area contributed by atoms with Gasteiger partial charge in [0.2, 0.25) is 11.8 Å². The highest BCUT2D eigenvalue weighted by Gasteiger charge is 2.38. The molecular weight excluding hydrogens is 282 g/mol. The van der Waals surface area contributed by atoms with Crippen LogP contribution < -0.4 is 5.32 Å². The van der Waals surface area contributed by atoms with Crippen LogP contribution in [0.4, 0.5) is 0 Å². The number of aryl methyl sites for hydroxylation is 1. The first-order valence-corrected chi connectivity index (χ1v) is 8.14. The Morgan fingerprint density at radius 1 is 1.41 bits per heavy atom. The number of likely N-dealkylation sites (tertiary alicyclic amines) is 1. The van der Waals surface area contributed by atoms with Gasteiger partial charge in [-0.2, -0.15) is 0 Å². The molecule has 2 aliphatic rings. The highest BCUT2D eigenvalue weighted by molar-refractivity contribution is 5.82. The maximum absolute atomic E-state index is 12.5. The van der Waals surface area contributed by atoms with Crippen LogP contribution in [-0.2, 0) is 16.1 Å². The Balaban J connectivity index is 1.62. The lowest BCUT2D eigenvalue weighted by Crippen LogP contribution is -2.48. The zero-order valence-corrected chi connectivity index (χ0v) is 13.0. The lowest BCUT2D eigenvalue weighted by molar-refractivity contribution is -0.135. The Hall–Kier alpha value is -1.85. The Bertz CT molecular complexity index is 555. The fourth-order valence-electron chi connectivity index (χ4n) is 3.62. The van der Waals surface area contributed by atoms with Crippen LogP contribution in [-0.4, -0.2) is 34.5 Å². The molecule has 1 aliphatic carbocycles. The van der Waals surface area contributed by atoms with Crippen LogP contribution in [0.1, 0.15) is 50.0 Å². The Labute approximate surface area is 130 Å². The molecule has 1 saturated carbocycles. The number of amides is 2. The van der Waals surface area contributed by atoms with Crippen molar-refractivity contribution in [3.63, 3.8) is 0 Å². The molecule has 2 amide bonds. The van der Waals surface area contributed by atoms with Gasteiger partial charge in [0.05, 0.1) is 12.5 Å². The molecule has 120 valence electrons. The summed E-state index contributed by atoms with van der Waals surface area (Å²) in [6.07, 6.45) is 5.50. The van der Waals surface area contributed by atoms with Crippen molar-refractivity contribution in [2.45, 2.75) is 58.0 Å². The largest absolute Gasteiger partial charge is 0.361 e. The average Bonchev–Trinajstić information content (AvgIpc) is 3.13. The van der Waals surface area contributed by atoms with E-state index in [4.69, 9.17) is 4.52 Å². The van der Waals surface area contributed by atoms with Crippen molar-refractivity contribution in [1.29, 1.82) is 0 Å². The first-order valence-electron chi connectivity index (χ1n) is 8.14. The number of hydrogen-bond acceptors (Lipinski definition) is 4. The van der Waals surface area contributed by atoms with Gasteiger partial charge in [0.25, 0.3) is 0 Å². The van der Waals surface area contributed by atoms with Crippen molar-refractivity contribution in [3.05, 3.63) is 17.5 Å². The number of carbonyl (C=O) groups excluding carboxylic acids is 2. The molecule has 3 rings (SSSR count). The second-order valence-corrected chi connectivity index (χ2v) is 6.30. The Morgan fingerprint density at radius 2 is 2.23 bits per heavy atom. The fraction of sp³-hybridized carbons (Fsp3) is 0.688. The summed E-state index contributed by atoms with van der Waals surface area (Å²) in [6.45, 7) is 3.01. The van der Waals surface area contributed by atoms with Gasteiger partial charge >= 0.3 is 0 Å². The summed E-state index contributed by atoms with van der Waals surface area (Å²) < 4.78 is 5.00. The summed E-state index contributed by atoms with van der Waals surface area (Å²) in [5.41, 5.74) is 0.732. The molecule has 0 aromatic carbocycles. The Morgan fingerprint density at radius 3 is 2.91 bits per heavy atom. The third kappa shape index (κ3) is 3.15. The quantitative estimate of drug-likeness (QED) is 0.920. The summed E-state index contributed by atoms with van der Waals surface area (Å²) in [4.78, 5) is 26.5. The van der Waals surface area contributed by atoms with Gasteiger partial charge in [-0.3, -0.25) is 9.59 Å². The summed E-state index contributed by atoms with van der Waals surface area (Å²) in [5, 5.41) is 6.84. The second-order valence-electron chi connectivity index (χ2n) is 6.30. The van der Waals surface area contributed by atoms with Crippen LogP contribution in [0, 0.1) is 12.8 Å². The highest BCUT2D eigenvalue weighted by atomic mass is 16.5. The number of nitrogens with zero attached hydrogens (tertiary/aromatic N) is 2. The van der Waals surface area contributed by atoms with E-state index in [2.05, 4.69) is 10.5 Å². The standard InChI is InChI=1S/C16H23N3O3/c1-11-9-12(18-22-11)10-17-16(21)13-5-2-3-6-14(13)19-8-4-7-15(19)20/h9,13-14H,2-8,10H2,1H3,(H,17,21)/t13-,14+/m1/s1. The van der Waals surface area contributed by atoms with Gasteiger partial charge in [-0.05, 0) is 26.2 Å². The molecule has 22 heavy (non-hydrogen) atoms. The number of nitrogens with one attached hydrogen (secondary N) is 1. The van der Waals surface area contributed by atoms with Gasteiger partial charge in [-0.1, -0.05) is 18.0 Å². The summed E-state index contributed by atoms with van der Waals surface area (Å²) >= 11 is 0. The van der Waals surface area contributed by atoms with E-state index in [9.17, 15) is 9.59 Å². The first kappa shape index (κ1) is 15.1.